The summed E-state index contributed by atoms with van der Waals surface area (Å²) in [4.78, 5) is 40.2. The summed E-state index contributed by atoms with van der Waals surface area (Å²) in [6, 6.07) is 0. The number of hydrogen-bond acceptors (Lipinski definition) is 8. The second-order valence-corrected chi connectivity index (χ2v) is 8.02. The van der Waals surface area contributed by atoms with E-state index >= 15 is 0 Å². The monoisotopic (exact) mass is 381 g/mol. The normalized spacial score (nSPS) is 41.4. The predicted octanol–water partition coefficient (Wildman–Crippen LogP) is 0.221. The Hall–Kier alpha value is -1.77. The number of likely N-dealkylation sites (N-methyl/N-ethyl adjacent to an activating group) is 1. The highest BCUT2D eigenvalue weighted by Crippen LogP contribution is 2.45. The maximum Gasteiger partial charge on any atom is 0.341 e. The van der Waals surface area contributed by atoms with Crippen molar-refractivity contribution < 1.29 is 33.7 Å². The molecule has 2 unspecified atom stereocenters. The zero-order valence-corrected chi connectivity index (χ0v) is 16.2. The summed E-state index contributed by atoms with van der Waals surface area (Å²) >= 11 is 0. The lowest BCUT2D eigenvalue weighted by Gasteiger charge is -2.32. The molecule has 3 aliphatic rings. The summed E-state index contributed by atoms with van der Waals surface area (Å²) in [7, 11) is 1.89. The summed E-state index contributed by atoms with van der Waals surface area (Å²) in [5.41, 5.74) is -2.81. The van der Waals surface area contributed by atoms with Crippen molar-refractivity contribution >= 4 is 17.7 Å². The largest absolute Gasteiger partial charge is 0.459 e. The van der Waals surface area contributed by atoms with E-state index < -0.39 is 41.3 Å². The van der Waals surface area contributed by atoms with Crippen LogP contribution >= 0.6 is 0 Å². The lowest BCUT2D eigenvalue weighted by molar-refractivity contribution is -0.173. The molecular weight excluding hydrogens is 354 g/mol. The van der Waals surface area contributed by atoms with Gasteiger partial charge in [0.15, 0.2) is 17.3 Å². The number of aliphatic hydroxyl groups is 1. The molecular formula is C19H27NO7. The molecule has 1 spiro atoms. The van der Waals surface area contributed by atoms with Gasteiger partial charge in [0.1, 0.15) is 6.61 Å². The minimum absolute atomic E-state index is 0.0958. The van der Waals surface area contributed by atoms with Crippen LogP contribution in [-0.2, 0) is 28.6 Å². The number of esters is 2. The van der Waals surface area contributed by atoms with E-state index in [1.807, 2.05) is 11.9 Å². The lowest BCUT2D eigenvalue weighted by Crippen LogP contribution is -2.48. The number of epoxide rings is 1. The third kappa shape index (κ3) is 3.66. The van der Waals surface area contributed by atoms with Crippen molar-refractivity contribution in [1.82, 2.24) is 4.90 Å². The van der Waals surface area contributed by atoms with Crippen molar-refractivity contribution in [1.29, 1.82) is 0 Å². The van der Waals surface area contributed by atoms with Crippen LogP contribution in [0.25, 0.3) is 0 Å². The van der Waals surface area contributed by atoms with Crippen molar-refractivity contribution in [3.05, 3.63) is 11.6 Å². The van der Waals surface area contributed by atoms with Gasteiger partial charge in [0.05, 0.1) is 6.10 Å². The molecule has 8 nitrogen and oxygen atoms in total. The van der Waals surface area contributed by atoms with E-state index in [0.717, 1.165) is 0 Å². The van der Waals surface area contributed by atoms with Crippen molar-refractivity contribution in [2.45, 2.75) is 57.0 Å². The molecule has 0 aliphatic carbocycles. The molecule has 0 radical (unpaired) electrons. The SMILES string of the molecule is C[C@@H]1CC2(O[C@@H]2C)C(=O)O[C@@H]2CCN(C)CC=C(COC(=O)C1(C)O)C2=O. The minimum atomic E-state index is -1.82. The first-order valence-electron chi connectivity index (χ1n) is 9.28. The fraction of sp³-hybridized carbons (Fsp3) is 0.737. The number of Topliss-reactive ketones (excluding diaryl/α,β-unsaturated/α-hetero) is 1. The van der Waals surface area contributed by atoms with Gasteiger partial charge in [-0.05, 0) is 33.2 Å². The first-order valence-corrected chi connectivity index (χ1v) is 9.28. The van der Waals surface area contributed by atoms with Crippen LogP contribution in [0.3, 0.4) is 0 Å². The standard InChI is InChI=1S/C19H27NO7/c1-11-9-19(12(2)27-19)17(23)26-14-6-8-20(4)7-5-13(15(14)21)10-25-16(22)18(11,3)24/h5,11-12,14,24H,6-10H2,1-4H3/t11-,12-,14-,18?,19?/m1/s1. The zero-order valence-electron chi connectivity index (χ0n) is 16.2. The number of hydrogen-bond donors (Lipinski definition) is 1. The molecule has 8 heteroatoms. The van der Waals surface area contributed by atoms with Gasteiger partial charge in [-0.25, -0.2) is 9.59 Å². The molecule has 2 fully saturated rings. The van der Waals surface area contributed by atoms with E-state index in [4.69, 9.17) is 14.2 Å². The van der Waals surface area contributed by atoms with Gasteiger partial charge in [-0.15, -0.1) is 0 Å². The molecule has 150 valence electrons. The first kappa shape index (κ1) is 20.0. The molecule has 0 aromatic rings. The van der Waals surface area contributed by atoms with Gasteiger partial charge in [0.2, 0.25) is 5.78 Å². The number of ether oxygens (including phenoxy) is 3. The average molecular weight is 381 g/mol. The summed E-state index contributed by atoms with van der Waals surface area (Å²) in [6.07, 6.45) is 0.756. The number of nitrogens with zero attached hydrogens (tertiary/aromatic N) is 1. The highest BCUT2D eigenvalue weighted by molar-refractivity contribution is 6.01. The van der Waals surface area contributed by atoms with Gasteiger partial charge < -0.3 is 24.2 Å². The first-order chi connectivity index (χ1) is 12.6. The van der Waals surface area contributed by atoms with E-state index in [0.29, 0.717) is 19.5 Å². The smallest absolute Gasteiger partial charge is 0.341 e. The minimum Gasteiger partial charge on any atom is -0.459 e. The van der Waals surface area contributed by atoms with E-state index in [1.165, 1.54) is 6.92 Å². The Morgan fingerprint density at radius 1 is 1.22 bits per heavy atom. The van der Waals surface area contributed by atoms with Crippen LogP contribution in [0.1, 0.15) is 33.6 Å². The lowest BCUT2D eigenvalue weighted by atomic mass is 9.82. The van der Waals surface area contributed by atoms with Crippen LogP contribution in [0.4, 0.5) is 0 Å². The molecule has 27 heavy (non-hydrogen) atoms. The molecule has 2 bridgehead atoms. The molecule has 2 saturated heterocycles. The Morgan fingerprint density at radius 3 is 2.52 bits per heavy atom. The molecule has 1 N–H and O–H groups in total. The quantitative estimate of drug-likeness (QED) is 0.469. The number of carbonyl (C=O) groups excluding carboxylic acids is 3. The van der Waals surface area contributed by atoms with Crippen LogP contribution in [0.15, 0.2) is 11.6 Å². The van der Waals surface area contributed by atoms with Crippen molar-refractivity contribution in [2.24, 2.45) is 5.92 Å². The molecule has 5 atom stereocenters. The highest BCUT2D eigenvalue weighted by atomic mass is 16.7. The number of fused-ring (bicyclic) bond motifs is 2. The predicted molar refractivity (Wildman–Crippen MR) is 93.7 cm³/mol. The van der Waals surface area contributed by atoms with E-state index in [9.17, 15) is 19.5 Å². The second-order valence-electron chi connectivity index (χ2n) is 8.02. The van der Waals surface area contributed by atoms with Crippen LogP contribution in [0.5, 0.6) is 0 Å². The fourth-order valence-electron chi connectivity index (χ4n) is 3.54. The Balaban J connectivity index is 1.97. The summed E-state index contributed by atoms with van der Waals surface area (Å²) in [5, 5.41) is 10.7. The van der Waals surface area contributed by atoms with Crippen LogP contribution in [-0.4, -0.2) is 77.9 Å². The third-order valence-corrected chi connectivity index (χ3v) is 5.95. The number of rotatable bonds is 0. The van der Waals surface area contributed by atoms with Crippen molar-refractivity contribution in [3.63, 3.8) is 0 Å². The topological polar surface area (TPSA) is 106 Å². The maximum absolute atomic E-state index is 12.9. The molecule has 3 rings (SSSR count). The van der Waals surface area contributed by atoms with Gasteiger partial charge >= 0.3 is 11.9 Å². The number of cyclic esters (lactones) is 1. The Morgan fingerprint density at radius 2 is 1.89 bits per heavy atom. The molecule has 3 heterocycles. The fourth-order valence-corrected chi connectivity index (χ4v) is 3.54. The van der Waals surface area contributed by atoms with Crippen LogP contribution < -0.4 is 0 Å². The van der Waals surface area contributed by atoms with Gasteiger partial charge in [0.25, 0.3) is 0 Å². The highest BCUT2D eigenvalue weighted by Gasteiger charge is 2.63. The van der Waals surface area contributed by atoms with Crippen LogP contribution in [0.2, 0.25) is 0 Å². The van der Waals surface area contributed by atoms with Gasteiger partial charge in [-0.1, -0.05) is 13.0 Å². The van der Waals surface area contributed by atoms with Gasteiger partial charge in [-0.3, -0.25) is 4.79 Å². The molecule has 0 aromatic carbocycles. The molecule has 0 aromatic heterocycles. The van der Waals surface area contributed by atoms with E-state index in [2.05, 4.69) is 0 Å². The number of ketones is 1. The second kappa shape index (κ2) is 7.00. The summed E-state index contributed by atoms with van der Waals surface area (Å²) < 4.78 is 16.4. The summed E-state index contributed by atoms with van der Waals surface area (Å²) in [5.74, 6) is -2.43. The molecule has 3 aliphatic heterocycles. The van der Waals surface area contributed by atoms with Gasteiger partial charge in [0, 0.05) is 25.1 Å². The zero-order chi connectivity index (χ0) is 20.0. The Labute approximate surface area is 158 Å². The van der Waals surface area contributed by atoms with E-state index in [1.54, 1.807) is 19.9 Å². The number of carbonyl (C=O) groups is 3. The molecule has 0 saturated carbocycles. The van der Waals surface area contributed by atoms with Gasteiger partial charge in [-0.2, -0.15) is 0 Å². The van der Waals surface area contributed by atoms with E-state index in [-0.39, 0.29) is 24.4 Å². The Kier molecular flexibility index (Phi) is 5.18. The van der Waals surface area contributed by atoms with Crippen molar-refractivity contribution in [3.8, 4) is 0 Å². The maximum atomic E-state index is 12.9. The van der Waals surface area contributed by atoms with Crippen LogP contribution in [0, 0.1) is 5.92 Å². The summed E-state index contributed by atoms with van der Waals surface area (Å²) in [6.45, 7) is 5.57. The molecule has 0 amide bonds. The third-order valence-electron chi connectivity index (χ3n) is 5.95. The Bertz CT molecular complexity index is 686. The van der Waals surface area contributed by atoms with Crippen molar-refractivity contribution in [2.75, 3.05) is 26.7 Å². The average Bonchev–Trinajstić information content (AvgIpc) is 3.26.